The van der Waals surface area contributed by atoms with E-state index >= 15 is 0 Å². The van der Waals surface area contributed by atoms with Crippen LogP contribution >= 0.6 is 15.9 Å². The minimum absolute atomic E-state index is 0.297. The van der Waals surface area contributed by atoms with Crippen LogP contribution < -0.4 is 0 Å². The van der Waals surface area contributed by atoms with Gasteiger partial charge in [-0.15, -0.1) is 0 Å². The van der Waals surface area contributed by atoms with Crippen molar-refractivity contribution in [3.05, 3.63) is 76.0 Å². The predicted molar refractivity (Wildman–Crippen MR) is 84.9 cm³/mol. The molecule has 0 spiro atoms. The number of benzene rings is 2. The predicted octanol–water partition coefficient (Wildman–Crippen LogP) is 4.03. The van der Waals surface area contributed by atoms with Crippen molar-refractivity contribution in [2.24, 2.45) is 0 Å². The fourth-order valence-electron chi connectivity index (χ4n) is 1.64. The molecule has 0 atom stereocenters. The van der Waals surface area contributed by atoms with Crippen molar-refractivity contribution in [2.45, 2.75) is 0 Å². The third-order valence-corrected chi connectivity index (χ3v) is 3.32. The third-order valence-electron chi connectivity index (χ3n) is 2.79. The third kappa shape index (κ3) is 4.93. The van der Waals surface area contributed by atoms with E-state index < -0.39 is 11.8 Å². The molecule has 0 aromatic heterocycles. The second-order valence-electron chi connectivity index (χ2n) is 4.42. The van der Waals surface area contributed by atoms with Crippen LogP contribution in [0.2, 0.25) is 0 Å². The van der Waals surface area contributed by atoms with Gasteiger partial charge in [0.15, 0.2) is 12.4 Å². The first-order valence-corrected chi connectivity index (χ1v) is 7.23. The summed E-state index contributed by atoms with van der Waals surface area (Å²) in [6, 6.07) is 12.4. The molecule has 0 bridgehead atoms. The number of hydrogen-bond acceptors (Lipinski definition) is 3. The molecule has 0 N–H and O–H groups in total. The standard InChI is InChI=1S/C17H12BrFO3/c18-14-6-1-12(2-7-14)3-10-17(21)22-11-16(20)13-4-8-15(19)9-5-13/h1-10H,11H2/b10-3+. The number of ether oxygens (including phenoxy) is 1. The lowest BCUT2D eigenvalue weighted by atomic mass is 10.1. The van der Waals surface area contributed by atoms with E-state index in [0.29, 0.717) is 5.56 Å². The number of hydrogen-bond donors (Lipinski definition) is 0. The van der Waals surface area contributed by atoms with Crippen LogP contribution in [0.3, 0.4) is 0 Å². The van der Waals surface area contributed by atoms with Crippen LogP contribution in [0.25, 0.3) is 6.08 Å². The van der Waals surface area contributed by atoms with Crippen LogP contribution in [-0.2, 0) is 9.53 Å². The lowest BCUT2D eigenvalue weighted by molar-refractivity contribution is -0.136. The summed E-state index contributed by atoms with van der Waals surface area (Å²) in [5.74, 6) is -1.42. The molecule has 0 amide bonds. The van der Waals surface area contributed by atoms with E-state index in [4.69, 9.17) is 4.74 Å². The number of Topliss-reactive ketones (excluding diaryl/α,β-unsaturated/α-hetero) is 1. The zero-order chi connectivity index (χ0) is 15.9. The minimum Gasteiger partial charge on any atom is -0.454 e. The smallest absolute Gasteiger partial charge is 0.331 e. The Morgan fingerprint density at radius 2 is 1.68 bits per heavy atom. The molecule has 0 saturated carbocycles. The van der Waals surface area contributed by atoms with E-state index in [0.717, 1.165) is 10.0 Å². The Morgan fingerprint density at radius 1 is 1.05 bits per heavy atom. The molecule has 22 heavy (non-hydrogen) atoms. The maximum Gasteiger partial charge on any atom is 0.331 e. The van der Waals surface area contributed by atoms with Gasteiger partial charge in [-0.25, -0.2) is 9.18 Å². The van der Waals surface area contributed by atoms with E-state index in [2.05, 4.69) is 15.9 Å². The fourth-order valence-corrected chi connectivity index (χ4v) is 1.91. The highest BCUT2D eigenvalue weighted by Crippen LogP contribution is 2.11. The molecule has 3 nitrogen and oxygen atoms in total. The quantitative estimate of drug-likeness (QED) is 0.458. The zero-order valence-electron chi connectivity index (χ0n) is 11.5. The monoisotopic (exact) mass is 362 g/mol. The van der Waals surface area contributed by atoms with Crippen LogP contribution in [0, 0.1) is 5.82 Å². The topological polar surface area (TPSA) is 43.4 Å². The molecule has 0 aliphatic carbocycles. The zero-order valence-corrected chi connectivity index (χ0v) is 13.0. The van der Waals surface area contributed by atoms with E-state index in [1.54, 1.807) is 6.08 Å². The molecule has 0 fully saturated rings. The van der Waals surface area contributed by atoms with Crippen molar-refractivity contribution in [2.75, 3.05) is 6.61 Å². The van der Waals surface area contributed by atoms with Crippen LogP contribution in [0.5, 0.6) is 0 Å². The Morgan fingerprint density at radius 3 is 2.32 bits per heavy atom. The van der Waals surface area contributed by atoms with Gasteiger partial charge in [-0.1, -0.05) is 28.1 Å². The van der Waals surface area contributed by atoms with E-state index in [1.807, 2.05) is 24.3 Å². The molecule has 112 valence electrons. The Balaban J connectivity index is 1.86. The highest BCUT2D eigenvalue weighted by molar-refractivity contribution is 9.10. The van der Waals surface area contributed by atoms with Crippen molar-refractivity contribution < 1.29 is 18.7 Å². The largest absolute Gasteiger partial charge is 0.454 e. The number of carbonyl (C=O) groups is 2. The van der Waals surface area contributed by atoms with Crippen molar-refractivity contribution >= 4 is 33.8 Å². The average molecular weight is 363 g/mol. The van der Waals surface area contributed by atoms with Crippen LogP contribution in [0.4, 0.5) is 4.39 Å². The number of halogens is 2. The fraction of sp³-hybridized carbons (Fsp3) is 0.0588. The summed E-state index contributed by atoms with van der Waals surface area (Å²) in [6.45, 7) is -0.380. The lowest BCUT2D eigenvalue weighted by Crippen LogP contribution is -2.12. The Labute approximate surface area is 135 Å². The number of esters is 1. The van der Waals surface area contributed by atoms with Gasteiger partial charge in [-0.2, -0.15) is 0 Å². The molecule has 0 unspecified atom stereocenters. The molecular formula is C17H12BrFO3. The highest BCUT2D eigenvalue weighted by Gasteiger charge is 2.08. The molecule has 0 heterocycles. The van der Waals surface area contributed by atoms with Gasteiger partial charge in [0.2, 0.25) is 0 Å². The van der Waals surface area contributed by atoms with Crippen LogP contribution in [-0.4, -0.2) is 18.4 Å². The molecule has 0 radical (unpaired) electrons. The van der Waals surface area contributed by atoms with E-state index in [1.165, 1.54) is 30.3 Å². The molecule has 2 aromatic rings. The first-order chi connectivity index (χ1) is 10.5. The molecular weight excluding hydrogens is 351 g/mol. The van der Waals surface area contributed by atoms with Crippen LogP contribution in [0.1, 0.15) is 15.9 Å². The summed E-state index contributed by atoms with van der Waals surface area (Å²) in [5.41, 5.74) is 1.14. The van der Waals surface area contributed by atoms with Gasteiger partial charge in [0.1, 0.15) is 5.82 Å². The molecule has 0 saturated heterocycles. The number of rotatable bonds is 5. The summed E-state index contributed by atoms with van der Waals surface area (Å²) < 4.78 is 18.5. The second-order valence-corrected chi connectivity index (χ2v) is 5.34. The van der Waals surface area contributed by atoms with Crippen molar-refractivity contribution in [3.8, 4) is 0 Å². The molecule has 0 aliphatic rings. The summed E-state index contributed by atoms with van der Waals surface area (Å²) in [7, 11) is 0. The molecule has 0 aliphatic heterocycles. The van der Waals surface area contributed by atoms with Crippen molar-refractivity contribution in [1.29, 1.82) is 0 Å². The lowest BCUT2D eigenvalue weighted by Gasteiger charge is -2.02. The van der Waals surface area contributed by atoms with E-state index in [-0.39, 0.29) is 12.4 Å². The summed E-state index contributed by atoms with van der Waals surface area (Å²) in [4.78, 5) is 23.3. The second kappa shape index (κ2) is 7.66. The SMILES string of the molecule is O=C(/C=C/c1ccc(Br)cc1)OCC(=O)c1ccc(F)cc1. The number of ketones is 1. The summed E-state index contributed by atoms with van der Waals surface area (Å²) >= 11 is 3.32. The van der Waals surface area contributed by atoms with Crippen molar-refractivity contribution in [1.82, 2.24) is 0 Å². The van der Waals surface area contributed by atoms with Crippen LogP contribution in [0.15, 0.2) is 59.1 Å². The molecule has 2 rings (SSSR count). The molecule has 2 aromatic carbocycles. The first kappa shape index (κ1) is 16.1. The maximum atomic E-state index is 12.7. The van der Waals surface area contributed by atoms with Gasteiger partial charge in [0.05, 0.1) is 0 Å². The molecule has 5 heteroatoms. The van der Waals surface area contributed by atoms with Gasteiger partial charge < -0.3 is 4.74 Å². The maximum absolute atomic E-state index is 12.7. The van der Waals surface area contributed by atoms with Crippen molar-refractivity contribution in [3.63, 3.8) is 0 Å². The van der Waals surface area contributed by atoms with E-state index in [9.17, 15) is 14.0 Å². The average Bonchev–Trinajstić information content (AvgIpc) is 2.52. The summed E-state index contributed by atoms with van der Waals surface area (Å²) in [6.07, 6.45) is 2.85. The normalized spacial score (nSPS) is 10.6. The Hall–Kier alpha value is -2.27. The highest BCUT2D eigenvalue weighted by atomic mass is 79.9. The van der Waals surface area contributed by atoms with Gasteiger partial charge in [0.25, 0.3) is 0 Å². The van der Waals surface area contributed by atoms with Gasteiger partial charge in [0, 0.05) is 16.1 Å². The van der Waals surface area contributed by atoms with Gasteiger partial charge >= 0.3 is 5.97 Å². The van der Waals surface area contributed by atoms with Gasteiger partial charge in [-0.3, -0.25) is 4.79 Å². The number of carbonyl (C=O) groups excluding carboxylic acids is 2. The Kier molecular flexibility index (Phi) is 5.61. The first-order valence-electron chi connectivity index (χ1n) is 6.44. The Bertz CT molecular complexity index is 691. The minimum atomic E-state index is -0.613. The van der Waals surface area contributed by atoms with Gasteiger partial charge in [-0.05, 0) is 48.0 Å². The summed E-state index contributed by atoms with van der Waals surface area (Å²) in [5, 5.41) is 0.